The number of piperidine rings is 1. The first-order valence-electron chi connectivity index (χ1n) is 9.58. The SMILES string of the molecule is CN=C(NCC1CCCN(C(C)C)C1)NCC(C)Oc1ccc(F)cc1. The molecule has 5 nitrogen and oxygen atoms in total. The van der Waals surface area contributed by atoms with Crippen LogP contribution >= 0.6 is 0 Å². The summed E-state index contributed by atoms with van der Waals surface area (Å²) < 4.78 is 18.7. The van der Waals surface area contributed by atoms with Crippen molar-refractivity contribution in [2.24, 2.45) is 10.9 Å². The van der Waals surface area contributed by atoms with Gasteiger partial charge in [-0.05, 0) is 70.3 Å². The van der Waals surface area contributed by atoms with Crippen molar-refractivity contribution in [1.82, 2.24) is 15.5 Å². The van der Waals surface area contributed by atoms with Crippen molar-refractivity contribution < 1.29 is 9.13 Å². The third-order valence-electron chi connectivity index (χ3n) is 4.77. The second-order valence-electron chi connectivity index (χ2n) is 7.31. The molecule has 1 aromatic carbocycles. The number of rotatable bonds is 7. The van der Waals surface area contributed by atoms with Gasteiger partial charge in [0.25, 0.3) is 0 Å². The minimum atomic E-state index is -0.258. The summed E-state index contributed by atoms with van der Waals surface area (Å²) in [6.07, 6.45) is 2.47. The second-order valence-corrected chi connectivity index (χ2v) is 7.31. The molecule has 2 N–H and O–H groups in total. The summed E-state index contributed by atoms with van der Waals surface area (Å²) in [6.45, 7) is 10.4. The number of nitrogens with one attached hydrogen (secondary N) is 2. The van der Waals surface area contributed by atoms with Crippen LogP contribution in [0.4, 0.5) is 4.39 Å². The first kappa shape index (κ1) is 20.5. The fourth-order valence-electron chi connectivity index (χ4n) is 3.22. The fourth-order valence-corrected chi connectivity index (χ4v) is 3.22. The topological polar surface area (TPSA) is 48.9 Å². The van der Waals surface area contributed by atoms with Crippen molar-refractivity contribution in [3.63, 3.8) is 0 Å². The highest BCUT2D eigenvalue weighted by Gasteiger charge is 2.21. The zero-order chi connectivity index (χ0) is 18.9. The van der Waals surface area contributed by atoms with Crippen LogP contribution in [0.5, 0.6) is 5.75 Å². The number of hydrogen-bond donors (Lipinski definition) is 2. The molecule has 1 aromatic rings. The number of aliphatic imine (C=N–C) groups is 1. The number of ether oxygens (including phenoxy) is 1. The summed E-state index contributed by atoms with van der Waals surface area (Å²) >= 11 is 0. The zero-order valence-corrected chi connectivity index (χ0v) is 16.5. The van der Waals surface area contributed by atoms with Crippen LogP contribution in [-0.2, 0) is 0 Å². The number of guanidine groups is 1. The van der Waals surface area contributed by atoms with E-state index in [1.54, 1.807) is 19.2 Å². The molecule has 2 atom stereocenters. The lowest BCUT2D eigenvalue weighted by atomic mass is 9.97. The molecule has 26 heavy (non-hydrogen) atoms. The predicted molar refractivity (Wildman–Crippen MR) is 105 cm³/mol. The molecule has 1 aliphatic rings. The van der Waals surface area contributed by atoms with Gasteiger partial charge in [-0.2, -0.15) is 0 Å². The normalized spacial score (nSPS) is 20.1. The van der Waals surface area contributed by atoms with E-state index < -0.39 is 0 Å². The minimum Gasteiger partial charge on any atom is -0.489 e. The van der Waals surface area contributed by atoms with E-state index in [0.717, 1.165) is 19.0 Å². The van der Waals surface area contributed by atoms with Gasteiger partial charge < -0.3 is 20.3 Å². The molecule has 0 aromatic heterocycles. The Morgan fingerprint density at radius 2 is 2.00 bits per heavy atom. The maximum atomic E-state index is 12.9. The van der Waals surface area contributed by atoms with Crippen LogP contribution in [0, 0.1) is 11.7 Å². The van der Waals surface area contributed by atoms with Crippen molar-refractivity contribution in [1.29, 1.82) is 0 Å². The second kappa shape index (κ2) is 10.4. The third kappa shape index (κ3) is 6.83. The Bertz CT molecular complexity index is 561. The summed E-state index contributed by atoms with van der Waals surface area (Å²) in [5, 5.41) is 6.73. The molecule has 0 aliphatic carbocycles. The Hall–Kier alpha value is -1.82. The van der Waals surface area contributed by atoms with E-state index in [4.69, 9.17) is 4.74 Å². The van der Waals surface area contributed by atoms with Crippen molar-refractivity contribution in [2.45, 2.75) is 45.8 Å². The predicted octanol–water partition coefficient (Wildman–Crippen LogP) is 2.88. The Balaban J connectivity index is 1.71. The fraction of sp³-hybridized carbons (Fsp3) is 0.650. The maximum absolute atomic E-state index is 12.9. The Morgan fingerprint density at radius 3 is 2.65 bits per heavy atom. The summed E-state index contributed by atoms with van der Waals surface area (Å²) in [4.78, 5) is 6.84. The van der Waals surface area contributed by atoms with Gasteiger partial charge in [-0.1, -0.05) is 0 Å². The zero-order valence-electron chi connectivity index (χ0n) is 16.5. The van der Waals surface area contributed by atoms with Crippen molar-refractivity contribution in [3.8, 4) is 5.75 Å². The van der Waals surface area contributed by atoms with Crippen LogP contribution in [-0.4, -0.2) is 56.2 Å². The first-order chi connectivity index (χ1) is 12.5. The average molecular weight is 365 g/mol. The molecule has 1 fully saturated rings. The van der Waals surface area contributed by atoms with E-state index in [-0.39, 0.29) is 11.9 Å². The number of likely N-dealkylation sites (tertiary alicyclic amines) is 1. The highest BCUT2D eigenvalue weighted by atomic mass is 19.1. The molecule has 0 saturated carbocycles. The Morgan fingerprint density at radius 1 is 1.27 bits per heavy atom. The first-order valence-corrected chi connectivity index (χ1v) is 9.58. The summed E-state index contributed by atoms with van der Waals surface area (Å²) in [7, 11) is 1.78. The van der Waals surface area contributed by atoms with E-state index in [9.17, 15) is 4.39 Å². The lowest BCUT2D eigenvalue weighted by Crippen LogP contribution is -2.47. The van der Waals surface area contributed by atoms with Gasteiger partial charge in [0, 0.05) is 26.2 Å². The molecule has 2 rings (SSSR count). The molecule has 146 valence electrons. The van der Waals surface area contributed by atoms with E-state index in [1.165, 1.54) is 31.5 Å². The molecule has 6 heteroatoms. The molecule has 1 saturated heterocycles. The summed E-state index contributed by atoms with van der Waals surface area (Å²) in [5.74, 6) is 1.85. The minimum absolute atomic E-state index is 0.0508. The Labute approximate surface area is 157 Å². The number of hydrogen-bond acceptors (Lipinski definition) is 3. The maximum Gasteiger partial charge on any atom is 0.191 e. The standard InChI is InChI=1S/C20H33FN4O/c1-15(2)25-11-5-6-17(14-25)13-24-20(22-4)23-12-16(3)26-19-9-7-18(21)8-10-19/h7-10,15-17H,5-6,11-14H2,1-4H3,(H2,22,23,24). The molecule has 0 amide bonds. The number of benzene rings is 1. The lowest BCUT2D eigenvalue weighted by molar-refractivity contribution is 0.141. The molecular weight excluding hydrogens is 331 g/mol. The summed E-state index contributed by atoms with van der Waals surface area (Å²) in [6, 6.07) is 6.70. The quantitative estimate of drug-likeness (QED) is 0.577. The van der Waals surface area contributed by atoms with E-state index in [2.05, 4.69) is 34.4 Å². The number of halogens is 1. The highest BCUT2D eigenvalue weighted by Crippen LogP contribution is 2.17. The van der Waals surface area contributed by atoms with Gasteiger partial charge in [-0.3, -0.25) is 4.99 Å². The van der Waals surface area contributed by atoms with Crippen LogP contribution < -0.4 is 15.4 Å². The van der Waals surface area contributed by atoms with Gasteiger partial charge in [-0.15, -0.1) is 0 Å². The van der Waals surface area contributed by atoms with E-state index >= 15 is 0 Å². The smallest absolute Gasteiger partial charge is 0.191 e. The van der Waals surface area contributed by atoms with Gasteiger partial charge in [-0.25, -0.2) is 4.39 Å². The van der Waals surface area contributed by atoms with Gasteiger partial charge in [0.05, 0.1) is 6.54 Å². The third-order valence-corrected chi connectivity index (χ3v) is 4.77. The molecule has 0 spiro atoms. The van der Waals surface area contributed by atoms with Gasteiger partial charge in [0.15, 0.2) is 5.96 Å². The highest BCUT2D eigenvalue weighted by molar-refractivity contribution is 5.79. The molecule has 1 heterocycles. The van der Waals surface area contributed by atoms with Crippen molar-refractivity contribution in [2.75, 3.05) is 33.2 Å². The molecular formula is C20H33FN4O. The van der Waals surface area contributed by atoms with Crippen LogP contribution in [0.2, 0.25) is 0 Å². The van der Waals surface area contributed by atoms with Crippen molar-refractivity contribution >= 4 is 5.96 Å². The molecule has 0 bridgehead atoms. The Kier molecular flexibility index (Phi) is 8.16. The van der Waals surface area contributed by atoms with E-state index in [1.807, 2.05) is 6.92 Å². The van der Waals surface area contributed by atoms with Crippen molar-refractivity contribution in [3.05, 3.63) is 30.1 Å². The monoisotopic (exact) mass is 364 g/mol. The molecule has 0 radical (unpaired) electrons. The summed E-state index contributed by atoms with van der Waals surface area (Å²) in [5.41, 5.74) is 0. The molecule has 1 aliphatic heterocycles. The van der Waals surface area contributed by atoms with Crippen LogP contribution in [0.15, 0.2) is 29.3 Å². The van der Waals surface area contributed by atoms with Gasteiger partial charge in [0.1, 0.15) is 17.7 Å². The van der Waals surface area contributed by atoms with Crippen LogP contribution in [0.3, 0.4) is 0 Å². The van der Waals surface area contributed by atoms with Gasteiger partial charge in [0.2, 0.25) is 0 Å². The van der Waals surface area contributed by atoms with Gasteiger partial charge >= 0.3 is 0 Å². The average Bonchev–Trinajstić information content (AvgIpc) is 2.64. The number of nitrogens with zero attached hydrogens (tertiary/aromatic N) is 2. The van der Waals surface area contributed by atoms with E-state index in [0.29, 0.717) is 24.3 Å². The lowest BCUT2D eigenvalue weighted by Gasteiger charge is -2.35. The largest absolute Gasteiger partial charge is 0.489 e. The van der Waals surface area contributed by atoms with Crippen LogP contribution in [0.25, 0.3) is 0 Å². The van der Waals surface area contributed by atoms with Crippen LogP contribution in [0.1, 0.15) is 33.6 Å². The molecule has 2 unspecified atom stereocenters.